The van der Waals surface area contributed by atoms with Gasteiger partial charge in [0.1, 0.15) is 5.54 Å². The average Bonchev–Trinajstić information content (AvgIpc) is 2.62. The second-order valence-corrected chi connectivity index (χ2v) is 3.87. The largest absolute Gasteiger partial charge is 0.480 e. The molecule has 1 fully saturated rings. The first-order chi connectivity index (χ1) is 6.71. The summed E-state index contributed by atoms with van der Waals surface area (Å²) in [5.74, 6) is -0.701. The molecule has 4 nitrogen and oxygen atoms in total. The van der Waals surface area contributed by atoms with Crippen LogP contribution in [0, 0.1) is 0 Å². The van der Waals surface area contributed by atoms with Crippen molar-refractivity contribution in [2.75, 3.05) is 20.3 Å². The Balaban J connectivity index is 2.33. The highest BCUT2D eigenvalue weighted by atomic mass is 16.5. The predicted octanol–water partition coefficient (Wildman–Crippen LogP) is 1.01. The van der Waals surface area contributed by atoms with E-state index in [1.807, 2.05) is 0 Å². The Kier molecular flexibility index (Phi) is 4.35. The van der Waals surface area contributed by atoms with Gasteiger partial charge >= 0.3 is 5.97 Å². The van der Waals surface area contributed by atoms with Crippen molar-refractivity contribution in [3.05, 3.63) is 0 Å². The van der Waals surface area contributed by atoms with Crippen LogP contribution in [0.4, 0.5) is 0 Å². The molecule has 1 rings (SSSR count). The fourth-order valence-corrected chi connectivity index (χ4v) is 1.99. The second kappa shape index (κ2) is 5.32. The molecule has 82 valence electrons. The molecule has 4 heteroatoms. The quantitative estimate of drug-likeness (QED) is 0.630. The van der Waals surface area contributed by atoms with Crippen LogP contribution in [0.25, 0.3) is 0 Å². The highest BCUT2D eigenvalue weighted by Crippen LogP contribution is 2.29. The number of carboxylic acids is 1. The molecule has 0 radical (unpaired) electrons. The third kappa shape index (κ3) is 2.69. The summed E-state index contributed by atoms with van der Waals surface area (Å²) in [6.45, 7) is 1.41. The summed E-state index contributed by atoms with van der Waals surface area (Å²) in [4.78, 5) is 11.1. The first-order valence-electron chi connectivity index (χ1n) is 5.19. The molecule has 1 aliphatic carbocycles. The van der Waals surface area contributed by atoms with Gasteiger partial charge in [-0.05, 0) is 25.8 Å². The van der Waals surface area contributed by atoms with Gasteiger partial charge in [-0.25, -0.2) is 0 Å². The molecule has 1 aliphatic rings. The molecule has 0 unspecified atom stereocenters. The summed E-state index contributed by atoms with van der Waals surface area (Å²) in [7, 11) is 1.66. The van der Waals surface area contributed by atoms with Gasteiger partial charge in [-0.2, -0.15) is 0 Å². The summed E-state index contributed by atoms with van der Waals surface area (Å²) >= 11 is 0. The van der Waals surface area contributed by atoms with Crippen LogP contribution in [0.1, 0.15) is 32.1 Å². The molecule has 1 saturated carbocycles. The number of carboxylic acid groups (broad SMARTS) is 1. The normalized spacial score (nSPS) is 19.8. The molecule has 0 bridgehead atoms. The van der Waals surface area contributed by atoms with Crippen LogP contribution in [0.3, 0.4) is 0 Å². The van der Waals surface area contributed by atoms with Crippen molar-refractivity contribution in [2.24, 2.45) is 0 Å². The van der Waals surface area contributed by atoms with Gasteiger partial charge in [0.25, 0.3) is 0 Å². The van der Waals surface area contributed by atoms with Crippen LogP contribution >= 0.6 is 0 Å². The van der Waals surface area contributed by atoms with Gasteiger partial charge in [0.15, 0.2) is 0 Å². The maximum Gasteiger partial charge on any atom is 0.323 e. The van der Waals surface area contributed by atoms with E-state index in [2.05, 4.69) is 5.32 Å². The van der Waals surface area contributed by atoms with Gasteiger partial charge in [-0.15, -0.1) is 0 Å². The van der Waals surface area contributed by atoms with E-state index in [9.17, 15) is 4.79 Å². The Morgan fingerprint density at radius 1 is 1.50 bits per heavy atom. The Bertz CT molecular complexity index is 188. The Morgan fingerprint density at radius 2 is 2.14 bits per heavy atom. The SMILES string of the molecule is COCCCNC1(C(=O)O)CCCC1. The van der Waals surface area contributed by atoms with Gasteiger partial charge < -0.3 is 15.2 Å². The lowest BCUT2D eigenvalue weighted by Gasteiger charge is -2.25. The van der Waals surface area contributed by atoms with E-state index in [0.717, 1.165) is 38.6 Å². The summed E-state index contributed by atoms with van der Waals surface area (Å²) in [6.07, 6.45) is 4.42. The number of nitrogens with one attached hydrogen (secondary N) is 1. The summed E-state index contributed by atoms with van der Waals surface area (Å²) in [5.41, 5.74) is -0.645. The minimum atomic E-state index is -0.701. The van der Waals surface area contributed by atoms with Gasteiger partial charge in [-0.1, -0.05) is 12.8 Å². The number of hydrogen-bond acceptors (Lipinski definition) is 3. The number of carbonyl (C=O) groups is 1. The van der Waals surface area contributed by atoms with Crippen molar-refractivity contribution < 1.29 is 14.6 Å². The number of methoxy groups -OCH3 is 1. The molecule has 2 N–H and O–H groups in total. The topological polar surface area (TPSA) is 58.6 Å². The van der Waals surface area contributed by atoms with Gasteiger partial charge in [-0.3, -0.25) is 4.79 Å². The lowest BCUT2D eigenvalue weighted by atomic mass is 9.98. The lowest BCUT2D eigenvalue weighted by molar-refractivity contribution is -0.144. The van der Waals surface area contributed by atoms with Crippen molar-refractivity contribution in [3.63, 3.8) is 0 Å². The molecule has 0 aromatic carbocycles. The Hall–Kier alpha value is -0.610. The molecule has 0 spiro atoms. The van der Waals surface area contributed by atoms with E-state index >= 15 is 0 Å². The molecular formula is C10H19NO3. The standard InChI is InChI=1S/C10H19NO3/c1-14-8-4-7-11-10(9(12)13)5-2-3-6-10/h11H,2-8H2,1H3,(H,12,13). The number of ether oxygens (including phenoxy) is 1. The van der Waals surface area contributed by atoms with E-state index in [4.69, 9.17) is 9.84 Å². The zero-order valence-electron chi connectivity index (χ0n) is 8.71. The highest BCUT2D eigenvalue weighted by Gasteiger charge is 2.40. The molecule has 0 aromatic heterocycles. The summed E-state index contributed by atoms with van der Waals surface area (Å²) in [6, 6.07) is 0. The fraction of sp³-hybridized carbons (Fsp3) is 0.900. The van der Waals surface area contributed by atoms with Crippen LogP contribution in [-0.4, -0.2) is 36.9 Å². The molecule has 0 heterocycles. The van der Waals surface area contributed by atoms with E-state index in [1.54, 1.807) is 7.11 Å². The van der Waals surface area contributed by atoms with Crippen LogP contribution in [0.15, 0.2) is 0 Å². The molecule has 0 aromatic rings. The third-order valence-electron chi connectivity index (χ3n) is 2.86. The monoisotopic (exact) mass is 201 g/mol. The van der Waals surface area contributed by atoms with Crippen molar-refractivity contribution in [3.8, 4) is 0 Å². The van der Waals surface area contributed by atoms with E-state index in [0.29, 0.717) is 6.61 Å². The number of rotatable bonds is 6. The van der Waals surface area contributed by atoms with Gasteiger partial charge in [0.2, 0.25) is 0 Å². The molecule has 0 aliphatic heterocycles. The maximum absolute atomic E-state index is 11.1. The van der Waals surface area contributed by atoms with E-state index in [-0.39, 0.29) is 0 Å². The van der Waals surface area contributed by atoms with Crippen LogP contribution in [-0.2, 0) is 9.53 Å². The first kappa shape index (κ1) is 11.5. The minimum absolute atomic E-state index is 0.645. The van der Waals surface area contributed by atoms with Gasteiger partial charge in [0.05, 0.1) is 0 Å². The molecular weight excluding hydrogens is 182 g/mol. The molecule has 0 amide bonds. The van der Waals surface area contributed by atoms with Crippen LogP contribution < -0.4 is 5.32 Å². The second-order valence-electron chi connectivity index (χ2n) is 3.87. The van der Waals surface area contributed by atoms with Crippen LogP contribution in [0.5, 0.6) is 0 Å². The van der Waals surface area contributed by atoms with E-state index < -0.39 is 11.5 Å². The smallest absolute Gasteiger partial charge is 0.323 e. The highest BCUT2D eigenvalue weighted by molar-refractivity contribution is 5.79. The van der Waals surface area contributed by atoms with Gasteiger partial charge in [0, 0.05) is 13.7 Å². The Morgan fingerprint density at radius 3 is 2.64 bits per heavy atom. The number of aliphatic carboxylic acids is 1. The molecule has 14 heavy (non-hydrogen) atoms. The lowest BCUT2D eigenvalue weighted by Crippen LogP contribution is -2.50. The van der Waals surface area contributed by atoms with Crippen molar-refractivity contribution >= 4 is 5.97 Å². The van der Waals surface area contributed by atoms with Crippen molar-refractivity contribution in [2.45, 2.75) is 37.6 Å². The maximum atomic E-state index is 11.1. The zero-order chi connectivity index (χ0) is 10.4. The molecule has 0 atom stereocenters. The molecule has 0 saturated heterocycles. The summed E-state index contributed by atoms with van der Waals surface area (Å²) in [5, 5.41) is 12.3. The van der Waals surface area contributed by atoms with Crippen molar-refractivity contribution in [1.82, 2.24) is 5.32 Å². The minimum Gasteiger partial charge on any atom is -0.480 e. The number of hydrogen-bond donors (Lipinski definition) is 2. The first-order valence-corrected chi connectivity index (χ1v) is 5.19. The Labute approximate surface area is 84.6 Å². The van der Waals surface area contributed by atoms with Crippen LogP contribution in [0.2, 0.25) is 0 Å². The fourth-order valence-electron chi connectivity index (χ4n) is 1.99. The van der Waals surface area contributed by atoms with E-state index in [1.165, 1.54) is 0 Å². The average molecular weight is 201 g/mol. The predicted molar refractivity (Wildman–Crippen MR) is 53.3 cm³/mol. The van der Waals surface area contributed by atoms with Crippen molar-refractivity contribution in [1.29, 1.82) is 0 Å². The third-order valence-corrected chi connectivity index (χ3v) is 2.86. The zero-order valence-corrected chi connectivity index (χ0v) is 8.71. The summed E-state index contributed by atoms with van der Waals surface area (Å²) < 4.78 is 4.91.